The van der Waals surface area contributed by atoms with Gasteiger partial charge in [0.15, 0.2) is 11.5 Å². The van der Waals surface area contributed by atoms with Crippen molar-refractivity contribution < 1.29 is 24.1 Å². The number of aliphatic hydroxyl groups excluding tert-OH is 1. The minimum absolute atomic E-state index is 0.169. The van der Waals surface area contributed by atoms with E-state index in [9.17, 15) is 5.11 Å². The first-order valence-electron chi connectivity index (χ1n) is 7.06. The highest BCUT2D eigenvalue weighted by molar-refractivity contribution is 5.51. The van der Waals surface area contributed by atoms with Crippen molar-refractivity contribution in [2.75, 3.05) is 27.1 Å². The second-order valence-corrected chi connectivity index (χ2v) is 5.27. The number of rotatable bonds is 8. The summed E-state index contributed by atoms with van der Waals surface area (Å²) < 4.78 is 21.3. The molecule has 6 nitrogen and oxygen atoms in total. The molecule has 2 N–H and O–H groups in total. The average Bonchev–Trinajstić information content (AvgIpc) is 2.89. The third-order valence-corrected chi connectivity index (χ3v) is 3.05. The number of benzene rings is 1. The van der Waals surface area contributed by atoms with Crippen LogP contribution < -0.4 is 19.5 Å². The van der Waals surface area contributed by atoms with E-state index in [2.05, 4.69) is 19.2 Å². The molecule has 0 aliphatic carbocycles. The van der Waals surface area contributed by atoms with Crippen molar-refractivity contribution in [3.63, 3.8) is 0 Å². The third kappa shape index (κ3) is 4.49. The zero-order valence-corrected chi connectivity index (χ0v) is 12.7. The molecule has 0 saturated carbocycles. The molecule has 0 fully saturated rings. The van der Waals surface area contributed by atoms with Gasteiger partial charge in [0, 0.05) is 31.3 Å². The molecule has 0 spiro atoms. The Bertz CT molecular complexity index is 464. The standard InChI is InChI=1S/C15H23NO5/c1-10(2)16-6-11-4-14-15(21-9-20-14)5-13(11)19-8-12(17)7-18-3/h4-5,10,12,16-17H,6-9H2,1-3H3. The minimum atomic E-state index is -0.661. The summed E-state index contributed by atoms with van der Waals surface area (Å²) in [6.07, 6.45) is -0.661. The number of fused-ring (bicyclic) bond motifs is 1. The van der Waals surface area contributed by atoms with E-state index < -0.39 is 6.10 Å². The van der Waals surface area contributed by atoms with Crippen LogP contribution in [0.15, 0.2) is 12.1 Å². The third-order valence-electron chi connectivity index (χ3n) is 3.05. The predicted octanol–water partition coefficient (Wildman–Crippen LogP) is 1.30. The molecular weight excluding hydrogens is 274 g/mol. The fraction of sp³-hybridized carbons (Fsp3) is 0.600. The van der Waals surface area contributed by atoms with E-state index in [0.717, 1.165) is 11.3 Å². The van der Waals surface area contributed by atoms with Crippen LogP contribution in [0.5, 0.6) is 17.2 Å². The van der Waals surface area contributed by atoms with E-state index in [0.29, 0.717) is 24.1 Å². The highest BCUT2D eigenvalue weighted by atomic mass is 16.7. The van der Waals surface area contributed by atoms with Gasteiger partial charge in [-0.05, 0) is 6.07 Å². The number of ether oxygens (including phenoxy) is 4. The van der Waals surface area contributed by atoms with Gasteiger partial charge < -0.3 is 29.4 Å². The Labute approximate surface area is 125 Å². The summed E-state index contributed by atoms with van der Waals surface area (Å²) in [6, 6.07) is 4.08. The number of aliphatic hydroxyl groups is 1. The lowest BCUT2D eigenvalue weighted by molar-refractivity contribution is 0.0322. The average molecular weight is 297 g/mol. The molecule has 0 bridgehead atoms. The topological polar surface area (TPSA) is 69.2 Å². The van der Waals surface area contributed by atoms with Crippen molar-refractivity contribution in [2.45, 2.75) is 32.5 Å². The van der Waals surface area contributed by atoms with Gasteiger partial charge >= 0.3 is 0 Å². The van der Waals surface area contributed by atoms with Gasteiger partial charge in [-0.3, -0.25) is 0 Å². The molecule has 1 aliphatic rings. The molecule has 0 saturated heterocycles. The van der Waals surface area contributed by atoms with Crippen LogP contribution in [0.4, 0.5) is 0 Å². The van der Waals surface area contributed by atoms with E-state index >= 15 is 0 Å². The van der Waals surface area contributed by atoms with Crippen LogP contribution >= 0.6 is 0 Å². The summed E-state index contributed by atoms with van der Waals surface area (Å²) in [4.78, 5) is 0. The Morgan fingerprint density at radius 3 is 2.62 bits per heavy atom. The number of nitrogens with one attached hydrogen (secondary N) is 1. The van der Waals surface area contributed by atoms with Crippen LogP contribution in [0.3, 0.4) is 0 Å². The highest BCUT2D eigenvalue weighted by Gasteiger charge is 2.19. The lowest BCUT2D eigenvalue weighted by Crippen LogP contribution is -2.24. The van der Waals surface area contributed by atoms with E-state index in [-0.39, 0.29) is 20.0 Å². The monoisotopic (exact) mass is 297 g/mol. The van der Waals surface area contributed by atoms with Crippen LogP contribution in [0.1, 0.15) is 19.4 Å². The van der Waals surface area contributed by atoms with Crippen molar-refractivity contribution in [1.29, 1.82) is 0 Å². The van der Waals surface area contributed by atoms with E-state index in [1.165, 1.54) is 0 Å². The van der Waals surface area contributed by atoms with Crippen molar-refractivity contribution in [3.05, 3.63) is 17.7 Å². The first kappa shape index (κ1) is 15.9. The van der Waals surface area contributed by atoms with Crippen molar-refractivity contribution in [3.8, 4) is 17.2 Å². The maximum absolute atomic E-state index is 9.69. The fourth-order valence-corrected chi connectivity index (χ4v) is 1.98. The first-order valence-corrected chi connectivity index (χ1v) is 7.06. The molecule has 1 unspecified atom stereocenters. The fourth-order valence-electron chi connectivity index (χ4n) is 1.98. The van der Waals surface area contributed by atoms with E-state index in [4.69, 9.17) is 18.9 Å². The molecule has 0 radical (unpaired) electrons. The predicted molar refractivity (Wildman–Crippen MR) is 77.9 cm³/mol. The number of hydrogen-bond donors (Lipinski definition) is 2. The Hall–Kier alpha value is -1.50. The van der Waals surface area contributed by atoms with Crippen LogP contribution in [0.2, 0.25) is 0 Å². The van der Waals surface area contributed by atoms with Crippen LogP contribution in [0, 0.1) is 0 Å². The molecule has 2 rings (SSSR count). The molecule has 1 heterocycles. The highest BCUT2D eigenvalue weighted by Crippen LogP contribution is 2.38. The quantitative estimate of drug-likeness (QED) is 0.754. The molecule has 118 valence electrons. The largest absolute Gasteiger partial charge is 0.490 e. The summed E-state index contributed by atoms with van der Waals surface area (Å²) in [7, 11) is 1.54. The van der Waals surface area contributed by atoms with Gasteiger partial charge in [0.2, 0.25) is 6.79 Å². The van der Waals surface area contributed by atoms with E-state index in [1.54, 1.807) is 13.2 Å². The molecule has 1 aromatic rings. The van der Waals surface area contributed by atoms with Crippen LogP contribution in [-0.4, -0.2) is 44.4 Å². The molecule has 1 atom stereocenters. The van der Waals surface area contributed by atoms with Gasteiger partial charge in [-0.2, -0.15) is 0 Å². The molecule has 1 aliphatic heterocycles. The number of hydrogen-bond acceptors (Lipinski definition) is 6. The van der Waals surface area contributed by atoms with Crippen LogP contribution in [-0.2, 0) is 11.3 Å². The summed E-state index contributed by atoms with van der Waals surface area (Å²) in [5.41, 5.74) is 0.970. The van der Waals surface area contributed by atoms with E-state index in [1.807, 2.05) is 6.07 Å². The Morgan fingerprint density at radius 2 is 1.95 bits per heavy atom. The molecule has 0 aromatic heterocycles. The Kier molecular flexibility index (Phi) is 5.67. The number of methoxy groups -OCH3 is 1. The molecule has 21 heavy (non-hydrogen) atoms. The maximum atomic E-state index is 9.69. The molecule has 6 heteroatoms. The van der Waals surface area contributed by atoms with Gasteiger partial charge in [-0.25, -0.2) is 0 Å². The molecule has 0 amide bonds. The zero-order valence-electron chi connectivity index (χ0n) is 12.7. The first-order chi connectivity index (χ1) is 10.1. The van der Waals surface area contributed by atoms with Gasteiger partial charge in [0.05, 0.1) is 6.61 Å². The van der Waals surface area contributed by atoms with Crippen molar-refractivity contribution in [2.24, 2.45) is 0 Å². The van der Waals surface area contributed by atoms with Gasteiger partial charge in [-0.15, -0.1) is 0 Å². The second-order valence-electron chi connectivity index (χ2n) is 5.27. The lowest BCUT2D eigenvalue weighted by atomic mass is 10.1. The Morgan fingerprint density at radius 1 is 1.24 bits per heavy atom. The van der Waals surface area contributed by atoms with Crippen molar-refractivity contribution >= 4 is 0 Å². The zero-order chi connectivity index (χ0) is 15.2. The van der Waals surface area contributed by atoms with Crippen LogP contribution in [0.25, 0.3) is 0 Å². The van der Waals surface area contributed by atoms with Gasteiger partial charge in [0.1, 0.15) is 18.5 Å². The molecular formula is C15H23NO5. The van der Waals surface area contributed by atoms with Gasteiger partial charge in [-0.1, -0.05) is 13.8 Å². The Balaban J connectivity index is 2.09. The summed E-state index contributed by atoms with van der Waals surface area (Å²) in [5, 5.41) is 13.0. The lowest BCUT2D eigenvalue weighted by Gasteiger charge is -2.16. The summed E-state index contributed by atoms with van der Waals surface area (Å²) >= 11 is 0. The second kappa shape index (κ2) is 7.49. The smallest absolute Gasteiger partial charge is 0.231 e. The summed E-state index contributed by atoms with van der Waals surface area (Å²) in [5.74, 6) is 2.07. The maximum Gasteiger partial charge on any atom is 0.231 e. The minimum Gasteiger partial charge on any atom is -0.490 e. The normalized spacial score (nSPS) is 14.5. The summed E-state index contributed by atoms with van der Waals surface area (Å²) in [6.45, 7) is 5.45. The van der Waals surface area contributed by atoms with Crippen molar-refractivity contribution in [1.82, 2.24) is 5.32 Å². The van der Waals surface area contributed by atoms with Gasteiger partial charge in [0.25, 0.3) is 0 Å². The SMILES string of the molecule is COCC(O)COc1cc2c(cc1CNC(C)C)OCO2. The molecule has 1 aromatic carbocycles.